The summed E-state index contributed by atoms with van der Waals surface area (Å²) in [4.78, 5) is 29.0. The minimum absolute atomic E-state index is 0.141. The predicted octanol–water partition coefficient (Wildman–Crippen LogP) is 5.71. The van der Waals surface area contributed by atoms with Gasteiger partial charge in [0.05, 0.1) is 0 Å². The maximum absolute atomic E-state index is 13.8. The van der Waals surface area contributed by atoms with Gasteiger partial charge < -0.3 is 15.0 Å². The number of ether oxygens (including phenoxy) is 1. The molecule has 5 heteroatoms. The molecule has 3 rings (SSSR count). The van der Waals surface area contributed by atoms with E-state index in [9.17, 15) is 9.59 Å². The highest BCUT2D eigenvalue weighted by Gasteiger charge is 2.31. The van der Waals surface area contributed by atoms with Gasteiger partial charge in [0.1, 0.15) is 11.8 Å². The summed E-state index contributed by atoms with van der Waals surface area (Å²) >= 11 is 0. The van der Waals surface area contributed by atoms with Crippen LogP contribution >= 0.6 is 0 Å². The molecule has 0 fully saturated rings. The normalized spacial score (nSPS) is 11.8. The molecule has 1 N–H and O–H groups in total. The summed E-state index contributed by atoms with van der Waals surface area (Å²) in [6.07, 6.45) is 0.422. The molecule has 0 heterocycles. The van der Waals surface area contributed by atoms with Crippen molar-refractivity contribution in [3.8, 4) is 5.75 Å². The Balaban J connectivity index is 1.93. The molecule has 0 aliphatic rings. The van der Waals surface area contributed by atoms with Gasteiger partial charge in [0.15, 0.2) is 6.61 Å². The summed E-state index contributed by atoms with van der Waals surface area (Å²) in [5.41, 5.74) is 6.30. The van der Waals surface area contributed by atoms with Crippen molar-refractivity contribution in [1.82, 2.24) is 10.2 Å². The van der Waals surface area contributed by atoms with E-state index in [2.05, 4.69) is 31.3 Å². The fraction of sp³-hybridized carbons (Fsp3) is 0.375. The first kappa shape index (κ1) is 28.0. The van der Waals surface area contributed by atoms with Crippen molar-refractivity contribution in [2.24, 2.45) is 5.92 Å². The van der Waals surface area contributed by atoms with Gasteiger partial charge in [0.25, 0.3) is 5.91 Å². The number of carbonyl (C=O) groups excluding carboxylic acids is 2. The van der Waals surface area contributed by atoms with Gasteiger partial charge in [0.2, 0.25) is 5.91 Å². The molecule has 5 nitrogen and oxygen atoms in total. The summed E-state index contributed by atoms with van der Waals surface area (Å²) in [5, 5.41) is 3.06. The second-order valence-electron chi connectivity index (χ2n) is 10.3. The molecule has 0 aromatic heterocycles. The number of aryl methyl sites for hydroxylation is 3. The molecule has 37 heavy (non-hydrogen) atoms. The first-order valence-corrected chi connectivity index (χ1v) is 13.0. The van der Waals surface area contributed by atoms with Crippen LogP contribution in [0.25, 0.3) is 0 Å². The number of hydrogen-bond acceptors (Lipinski definition) is 3. The smallest absolute Gasteiger partial charge is 0.261 e. The topological polar surface area (TPSA) is 58.6 Å². The van der Waals surface area contributed by atoms with Crippen molar-refractivity contribution in [2.75, 3.05) is 13.2 Å². The van der Waals surface area contributed by atoms with Crippen LogP contribution < -0.4 is 10.1 Å². The second kappa shape index (κ2) is 13.1. The number of hydrogen-bond donors (Lipinski definition) is 1. The molecule has 0 aliphatic carbocycles. The lowest BCUT2D eigenvalue weighted by Gasteiger charge is -2.32. The van der Waals surface area contributed by atoms with Crippen molar-refractivity contribution in [3.63, 3.8) is 0 Å². The molecule has 1 unspecified atom stereocenters. The van der Waals surface area contributed by atoms with E-state index in [0.717, 1.165) is 33.4 Å². The second-order valence-corrected chi connectivity index (χ2v) is 10.3. The summed E-state index contributed by atoms with van der Waals surface area (Å²) in [7, 11) is 0. The third kappa shape index (κ3) is 8.21. The number of nitrogens with one attached hydrogen (secondary N) is 1. The van der Waals surface area contributed by atoms with Crippen molar-refractivity contribution in [3.05, 3.63) is 100 Å². The summed E-state index contributed by atoms with van der Waals surface area (Å²) in [5.74, 6) is 0.630. The van der Waals surface area contributed by atoms with Crippen LogP contribution in [0.5, 0.6) is 5.75 Å². The zero-order valence-corrected chi connectivity index (χ0v) is 23.0. The molecule has 0 saturated heterocycles. The minimum Gasteiger partial charge on any atom is -0.483 e. The van der Waals surface area contributed by atoms with Crippen molar-refractivity contribution in [1.29, 1.82) is 0 Å². The fourth-order valence-electron chi connectivity index (χ4n) is 4.36. The zero-order valence-electron chi connectivity index (χ0n) is 23.0. The average molecular weight is 501 g/mol. The van der Waals surface area contributed by atoms with E-state index < -0.39 is 6.04 Å². The highest BCUT2D eigenvalue weighted by atomic mass is 16.5. The lowest BCUT2D eigenvalue weighted by atomic mass is 10.0. The number of carbonyl (C=O) groups is 2. The third-order valence-electron chi connectivity index (χ3n) is 6.51. The Morgan fingerprint density at radius 1 is 0.865 bits per heavy atom. The quantitative estimate of drug-likeness (QED) is 0.367. The minimum atomic E-state index is -0.668. The van der Waals surface area contributed by atoms with Crippen LogP contribution in [0.4, 0.5) is 0 Å². The van der Waals surface area contributed by atoms with Crippen LogP contribution in [-0.4, -0.2) is 35.9 Å². The van der Waals surface area contributed by atoms with Crippen molar-refractivity contribution in [2.45, 2.75) is 60.5 Å². The first-order valence-electron chi connectivity index (χ1n) is 13.0. The largest absolute Gasteiger partial charge is 0.483 e. The zero-order chi connectivity index (χ0) is 26.9. The number of benzene rings is 3. The molecule has 0 saturated carbocycles. The average Bonchev–Trinajstić information content (AvgIpc) is 2.86. The predicted molar refractivity (Wildman–Crippen MR) is 150 cm³/mol. The van der Waals surface area contributed by atoms with Crippen LogP contribution in [0.2, 0.25) is 0 Å². The van der Waals surface area contributed by atoms with Crippen LogP contribution in [0.1, 0.15) is 47.2 Å². The molecular weight excluding hydrogens is 460 g/mol. The molecule has 0 bridgehead atoms. The Kier molecular flexibility index (Phi) is 9.90. The van der Waals surface area contributed by atoms with Gasteiger partial charge >= 0.3 is 0 Å². The molecule has 0 radical (unpaired) electrons. The lowest BCUT2D eigenvalue weighted by Crippen LogP contribution is -2.52. The molecule has 0 spiro atoms. The maximum atomic E-state index is 13.8. The van der Waals surface area contributed by atoms with E-state index in [1.807, 2.05) is 82.3 Å². The summed E-state index contributed by atoms with van der Waals surface area (Å²) in [6, 6.07) is 21.3. The molecule has 3 aromatic rings. The first-order chi connectivity index (χ1) is 17.6. The standard InChI is InChI=1S/C32H40N2O3/c1-22(2)19-33-32(36)29(18-27-12-8-7-9-13-27)34(20-28-14-10-11-23(3)16-28)31(35)21-37-30-17-24(4)15-25(5)26(30)6/h7-17,22,29H,18-21H2,1-6H3,(H,33,36). The van der Waals surface area contributed by atoms with Crippen LogP contribution in [0.3, 0.4) is 0 Å². The molecule has 2 amide bonds. The molecule has 0 aliphatic heterocycles. The molecule has 196 valence electrons. The SMILES string of the molecule is Cc1cccc(CN(C(=O)COc2cc(C)cc(C)c2C)C(Cc2ccccc2)C(=O)NCC(C)C)c1. The van der Waals surface area contributed by atoms with E-state index in [4.69, 9.17) is 4.74 Å². The Labute approximate surface area is 221 Å². The Hall–Kier alpha value is -3.60. The van der Waals surface area contributed by atoms with Crippen molar-refractivity contribution >= 4 is 11.8 Å². The van der Waals surface area contributed by atoms with E-state index >= 15 is 0 Å². The van der Waals surface area contributed by atoms with Gasteiger partial charge in [0, 0.05) is 19.5 Å². The lowest BCUT2D eigenvalue weighted by molar-refractivity contribution is -0.142. The maximum Gasteiger partial charge on any atom is 0.261 e. The Morgan fingerprint density at radius 3 is 2.24 bits per heavy atom. The summed E-state index contributed by atoms with van der Waals surface area (Å²) < 4.78 is 6.06. The van der Waals surface area contributed by atoms with Crippen molar-refractivity contribution < 1.29 is 14.3 Å². The van der Waals surface area contributed by atoms with Gasteiger partial charge in [-0.3, -0.25) is 9.59 Å². The fourth-order valence-corrected chi connectivity index (χ4v) is 4.36. The third-order valence-corrected chi connectivity index (χ3v) is 6.51. The number of rotatable bonds is 11. The van der Waals surface area contributed by atoms with Gasteiger partial charge in [-0.05, 0) is 67.5 Å². The van der Waals surface area contributed by atoms with Crippen LogP contribution in [-0.2, 0) is 22.6 Å². The highest BCUT2D eigenvalue weighted by Crippen LogP contribution is 2.24. The van der Waals surface area contributed by atoms with Crippen LogP contribution in [0.15, 0.2) is 66.7 Å². The van der Waals surface area contributed by atoms with Gasteiger partial charge in [-0.25, -0.2) is 0 Å². The van der Waals surface area contributed by atoms with E-state index in [1.165, 1.54) is 0 Å². The Bertz CT molecular complexity index is 1200. The number of amides is 2. The van der Waals surface area contributed by atoms with Gasteiger partial charge in [-0.2, -0.15) is 0 Å². The van der Waals surface area contributed by atoms with Crippen LogP contribution in [0, 0.1) is 33.6 Å². The summed E-state index contributed by atoms with van der Waals surface area (Å²) in [6.45, 7) is 12.9. The van der Waals surface area contributed by atoms with Gasteiger partial charge in [-0.1, -0.05) is 80.1 Å². The Morgan fingerprint density at radius 2 is 1.57 bits per heavy atom. The van der Waals surface area contributed by atoms with E-state index in [-0.39, 0.29) is 18.4 Å². The molecular formula is C32H40N2O3. The highest BCUT2D eigenvalue weighted by molar-refractivity contribution is 5.88. The monoisotopic (exact) mass is 500 g/mol. The van der Waals surface area contributed by atoms with Gasteiger partial charge in [-0.15, -0.1) is 0 Å². The number of nitrogens with zero attached hydrogens (tertiary/aromatic N) is 1. The van der Waals surface area contributed by atoms with E-state index in [1.54, 1.807) is 4.90 Å². The van der Waals surface area contributed by atoms with E-state index in [0.29, 0.717) is 31.2 Å². The molecule has 3 aromatic carbocycles. The molecule has 1 atom stereocenters.